The molecule has 2 N–H and O–H groups in total. The standard InChI is InChI=1S/C16H18N2O3/c1-19-13-9-12(10-14(20-2)15(13)21-3)18-16(17)11-7-5-4-6-8-11/h4-10H,1-3H3,(H2,17,18). The molecule has 0 fully saturated rings. The van der Waals surface area contributed by atoms with Gasteiger partial charge in [0.2, 0.25) is 5.75 Å². The first-order chi connectivity index (χ1) is 10.2. The van der Waals surface area contributed by atoms with Crippen LogP contribution in [-0.4, -0.2) is 27.2 Å². The molecule has 5 heteroatoms. The summed E-state index contributed by atoms with van der Waals surface area (Å²) in [4.78, 5) is 4.40. The van der Waals surface area contributed by atoms with Gasteiger partial charge in [-0.25, -0.2) is 4.99 Å². The molecule has 0 amide bonds. The first kappa shape index (κ1) is 14.7. The highest BCUT2D eigenvalue weighted by Gasteiger charge is 2.13. The van der Waals surface area contributed by atoms with Gasteiger partial charge >= 0.3 is 0 Å². The van der Waals surface area contributed by atoms with E-state index in [4.69, 9.17) is 19.9 Å². The highest BCUT2D eigenvalue weighted by molar-refractivity contribution is 5.99. The Morgan fingerprint density at radius 2 is 1.48 bits per heavy atom. The van der Waals surface area contributed by atoms with Crippen molar-refractivity contribution in [2.24, 2.45) is 10.7 Å². The van der Waals surface area contributed by atoms with Gasteiger partial charge in [0.05, 0.1) is 27.0 Å². The Morgan fingerprint density at radius 1 is 0.905 bits per heavy atom. The van der Waals surface area contributed by atoms with Crippen molar-refractivity contribution >= 4 is 11.5 Å². The minimum absolute atomic E-state index is 0.421. The zero-order chi connectivity index (χ0) is 15.2. The van der Waals surface area contributed by atoms with E-state index in [-0.39, 0.29) is 0 Å². The van der Waals surface area contributed by atoms with Crippen LogP contribution in [0.2, 0.25) is 0 Å². The number of aliphatic imine (C=N–C) groups is 1. The summed E-state index contributed by atoms with van der Waals surface area (Å²) in [6.07, 6.45) is 0. The maximum Gasteiger partial charge on any atom is 0.203 e. The molecular weight excluding hydrogens is 268 g/mol. The number of benzene rings is 2. The van der Waals surface area contributed by atoms with Gasteiger partial charge in [-0.1, -0.05) is 30.3 Å². The number of methoxy groups -OCH3 is 3. The van der Waals surface area contributed by atoms with E-state index in [9.17, 15) is 0 Å². The van der Waals surface area contributed by atoms with Gasteiger partial charge in [0.1, 0.15) is 5.84 Å². The van der Waals surface area contributed by atoms with Crippen molar-refractivity contribution in [1.29, 1.82) is 0 Å². The number of nitrogens with zero attached hydrogens (tertiary/aromatic N) is 1. The fraction of sp³-hybridized carbons (Fsp3) is 0.188. The Hall–Kier alpha value is -2.69. The Kier molecular flexibility index (Phi) is 4.66. The predicted molar refractivity (Wildman–Crippen MR) is 82.9 cm³/mol. The van der Waals surface area contributed by atoms with Crippen molar-refractivity contribution in [3.8, 4) is 17.2 Å². The van der Waals surface area contributed by atoms with E-state index in [2.05, 4.69) is 4.99 Å². The number of ether oxygens (including phenoxy) is 3. The average molecular weight is 286 g/mol. The molecule has 0 saturated carbocycles. The summed E-state index contributed by atoms with van der Waals surface area (Å²) < 4.78 is 15.9. The third-order valence-electron chi connectivity index (χ3n) is 2.97. The van der Waals surface area contributed by atoms with E-state index in [0.717, 1.165) is 5.56 Å². The van der Waals surface area contributed by atoms with E-state index in [1.807, 2.05) is 30.3 Å². The van der Waals surface area contributed by atoms with Crippen LogP contribution in [0, 0.1) is 0 Å². The molecular formula is C16H18N2O3. The predicted octanol–water partition coefficient (Wildman–Crippen LogP) is 2.75. The molecule has 2 aromatic carbocycles. The summed E-state index contributed by atoms with van der Waals surface area (Å²) in [6, 6.07) is 13.0. The highest BCUT2D eigenvalue weighted by Crippen LogP contribution is 2.40. The van der Waals surface area contributed by atoms with Crippen LogP contribution in [0.15, 0.2) is 47.5 Å². The molecule has 0 aliphatic heterocycles. The van der Waals surface area contributed by atoms with Crippen LogP contribution in [0.1, 0.15) is 5.56 Å². The lowest BCUT2D eigenvalue weighted by Crippen LogP contribution is -2.12. The fourth-order valence-corrected chi connectivity index (χ4v) is 1.94. The zero-order valence-electron chi connectivity index (χ0n) is 12.3. The van der Waals surface area contributed by atoms with Crippen molar-refractivity contribution < 1.29 is 14.2 Å². The second-order valence-electron chi connectivity index (χ2n) is 4.25. The second-order valence-corrected chi connectivity index (χ2v) is 4.25. The van der Waals surface area contributed by atoms with E-state index in [0.29, 0.717) is 28.8 Å². The molecule has 0 saturated heterocycles. The Labute approximate surface area is 124 Å². The molecule has 0 spiro atoms. The normalized spacial score (nSPS) is 11.1. The largest absolute Gasteiger partial charge is 0.493 e. The Morgan fingerprint density at radius 3 is 1.95 bits per heavy atom. The smallest absolute Gasteiger partial charge is 0.203 e. The third-order valence-corrected chi connectivity index (χ3v) is 2.97. The van der Waals surface area contributed by atoms with E-state index >= 15 is 0 Å². The van der Waals surface area contributed by atoms with Crippen LogP contribution in [0.25, 0.3) is 0 Å². The van der Waals surface area contributed by atoms with E-state index in [1.165, 1.54) is 0 Å². The topological polar surface area (TPSA) is 66.1 Å². The van der Waals surface area contributed by atoms with Crippen LogP contribution in [-0.2, 0) is 0 Å². The van der Waals surface area contributed by atoms with Gasteiger partial charge < -0.3 is 19.9 Å². The zero-order valence-corrected chi connectivity index (χ0v) is 12.3. The SMILES string of the molecule is COc1cc(N=C(N)c2ccccc2)cc(OC)c1OC. The number of amidine groups is 1. The van der Waals surface area contributed by atoms with Gasteiger partial charge in [-0.2, -0.15) is 0 Å². The Bertz CT molecular complexity index is 614. The van der Waals surface area contributed by atoms with Crippen LogP contribution >= 0.6 is 0 Å². The molecule has 2 aromatic rings. The quantitative estimate of drug-likeness (QED) is 0.678. The third kappa shape index (κ3) is 3.25. The molecule has 2 rings (SSSR count). The number of hydrogen-bond acceptors (Lipinski definition) is 4. The van der Waals surface area contributed by atoms with Gasteiger partial charge in [0, 0.05) is 17.7 Å². The fourth-order valence-electron chi connectivity index (χ4n) is 1.94. The lowest BCUT2D eigenvalue weighted by molar-refractivity contribution is 0.324. The highest BCUT2D eigenvalue weighted by atomic mass is 16.5. The molecule has 5 nitrogen and oxygen atoms in total. The summed E-state index contributed by atoms with van der Waals surface area (Å²) in [6.45, 7) is 0. The van der Waals surface area contributed by atoms with E-state index in [1.54, 1.807) is 33.5 Å². The molecule has 0 unspecified atom stereocenters. The minimum Gasteiger partial charge on any atom is -0.493 e. The van der Waals surface area contributed by atoms with Crippen LogP contribution in [0.3, 0.4) is 0 Å². The molecule has 0 bridgehead atoms. The van der Waals surface area contributed by atoms with E-state index < -0.39 is 0 Å². The van der Waals surface area contributed by atoms with Crippen molar-refractivity contribution in [2.45, 2.75) is 0 Å². The molecule has 0 aromatic heterocycles. The maximum atomic E-state index is 6.02. The summed E-state index contributed by atoms with van der Waals surface area (Å²) in [5.74, 6) is 2.02. The molecule has 0 radical (unpaired) electrons. The Balaban J connectivity index is 2.45. The first-order valence-corrected chi connectivity index (χ1v) is 6.39. The molecule has 110 valence electrons. The molecule has 0 heterocycles. The summed E-state index contributed by atoms with van der Waals surface area (Å²) in [5, 5.41) is 0. The molecule has 0 aliphatic rings. The van der Waals surface area contributed by atoms with Gasteiger partial charge in [-0.15, -0.1) is 0 Å². The summed E-state index contributed by atoms with van der Waals surface area (Å²) >= 11 is 0. The molecule has 0 aliphatic carbocycles. The number of nitrogens with two attached hydrogens (primary N) is 1. The van der Waals surface area contributed by atoms with Gasteiger partial charge in [-0.05, 0) is 0 Å². The van der Waals surface area contributed by atoms with Crippen molar-refractivity contribution in [3.05, 3.63) is 48.0 Å². The molecule has 21 heavy (non-hydrogen) atoms. The lowest BCUT2D eigenvalue weighted by atomic mass is 10.2. The lowest BCUT2D eigenvalue weighted by Gasteiger charge is -2.12. The minimum atomic E-state index is 0.421. The van der Waals surface area contributed by atoms with Crippen LogP contribution in [0.4, 0.5) is 5.69 Å². The van der Waals surface area contributed by atoms with Gasteiger partial charge in [-0.3, -0.25) is 0 Å². The monoisotopic (exact) mass is 286 g/mol. The van der Waals surface area contributed by atoms with Gasteiger partial charge in [0.15, 0.2) is 11.5 Å². The van der Waals surface area contributed by atoms with Crippen LogP contribution in [0.5, 0.6) is 17.2 Å². The van der Waals surface area contributed by atoms with Crippen molar-refractivity contribution in [1.82, 2.24) is 0 Å². The van der Waals surface area contributed by atoms with Crippen molar-refractivity contribution in [3.63, 3.8) is 0 Å². The summed E-state index contributed by atoms with van der Waals surface area (Å²) in [7, 11) is 4.68. The van der Waals surface area contributed by atoms with Crippen LogP contribution < -0.4 is 19.9 Å². The molecule has 0 atom stereocenters. The number of hydrogen-bond donors (Lipinski definition) is 1. The maximum absolute atomic E-state index is 6.02. The second kappa shape index (κ2) is 6.65. The average Bonchev–Trinajstić information content (AvgIpc) is 2.54. The van der Waals surface area contributed by atoms with Gasteiger partial charge in [0.25, 0.3) is 0 Å². The summed E-state index contributed by atoms with van der Waals surface area (Å²) in [5.41, 5.74) is 7.50. The van der Waals surface area contributed by atoms with Crippen molar-refractivity contribution in [2.75, 3.05) is 21.3 Å². The first-order valence-electron chi connectivity index (χ1n) is 6.39. The number of rotatable bonds is 5.